The van der Waals surface area contributed by atoms with Crippen LogP contribution < -0.4 is 10.7 Å². The zero-order valence-corrected chi connectivity index (χ0v) is 11.9. The maximum Gasteiger partial charge on any atom is 0.210 e. The lowest BCUT2D eigenvalue weighted by atomic mass is 10.1. The van der Waals surface area contributed by atoms with Crippen molar-refractivity contribution in [3.8, 4) is 11.3 Å². The first-order chi connectivity index (χ1) is 10.2. The molecule has 4 nitrogen and oxygen atoms in total. The lowest BCUT2D eigenvalue weighted by molar-refractivity contribution is 1.28. The molecule has 0 aliphatic rings. The van der Waals surface area contributed by atoms with Crippen LogP contribution in [-0.4, -0.2) is 17.0 Å². The van der Waals surface area contributed by atoms with E-state index in [0.717, 1.165) is 10.9 Å². The Balaban J connectivity index is 2.30. The normalized spacial score (nSPS) is 10.6. The molecule has 3 aromatic rings. The molecule has 0 aliphatic heterocycles. The fourth-order valence-electron chi connectivity index (χ4n) is 2.27. The molecule has 0 aliphatic carbocycles. The Bertz CT molecular complexity index is 875. The van der Waals surface area contributed by atoms with Gasteiger partial charge >= 0.3 is 0 Å². The van der Waals surface area contributed by atoms with Crippen LogP contribution in [-0.2, 0) is 0 Å². The van der Waals surface area contributed by atoms with Gasteiger partial charge in [0.05, 0.1) is 16.9 Å². The summed E-state index contributed by atoms with van der Waals surface area (Å²) in [5, 5.41) is 3.89. The van der Waals surface area contributed by atoms with E-state index < -0.39 is 0 Å². The Labute approximate surface area is 122 Å². The standard InChI is InChI=1S/C17H15N3O/c1-11-5-7-15(18-2)16(21)13(10-11)14-8-6-12-4-3-9-19-17(12)20-14/h3-10H,1-2H3,(H,18,21). The van der Waals surface area contributed by atoms with Gasteiger partial charge in [0.1, 0.15) is 0 Å². The first-order valence-corrected chi connectivity index (χ1v) is 6.74. The third-order valence-electron chi connectivity index (χ3n) is 3.38. The van der Waals surface area contributed by atoms with Crippen molar-refractivity contribution in [2.24, 2.45) is 0 Å². The molecule has 2 heterocycles. The Morgan fingerprint density at radius 1 is 1.10 bits per heavy atom. The van der Waals surface area contributed by atoms with Crippen molar-refractivity contribution in [2.75, 3.05) is 12.4 Å². The molecule has 3 rings (SSSR count). The Morgan fingerprint density at radius 2 is 1.95 bits per heavy atom. The predicted octanol–water partition coefficient (Wildman–Crippen LogP) is 3.01. The van der Waals surface area contributed by atoms with Gasteiger partial charge in [-0.3, -0.25) is 4.79 Å². The van der Waals surface area contributed by atoms with Crippen LogP contribution in [0, 0.1) is 6.92 Å². The molecule has 1 aromatic carbocycles. The molecule has 0 saturated heterocycles. The Kier molecular flexibility index (Phi) is 3.36. The maximum atomic E-state index is 12.6. The monoisotopic (exact) mass is 277 g/mol. The second-order valence-corrected chi connectivity index (χ2v) is 4.87. The van der Waals surface area contributed by atoms with Gasteiger partial charge in [-0.25, -0.2) is 9.97 Å². The summed E-state index contributed by atoms with van der Waals surface area (Å²) in [6.45, 7) is 1.96. The van der Waals surface area contributed by atoms with Crippen LogP contribution in [0.15, 0.2) is 53.5 Å². The molecule has 0 radical (unpaired) electrons. The molecule has 0 spiro atoms. The van der Waals surface area contributed by atoms with Crippen molar-refractivity contribution in [2.45, 2.75) is 6.92 Å². The molecule has 0 amide bonds. The zero-order chi connectivity index (χ0) is 14.8. The fraction of sp³-hybridized carbons (Fsp3) is 0.118. The smallest absolute Gasteiger partial charge is 0.210 e. The minimum absolute atomic E-state index is 0.0617. The molecule has 4 heteroatoms. The lowest BCUT2D eigenvalue weighted by Crippen LogP contribution is -2.08. The highest BCUT2D eigenvalue weighted by Crippen LogP contribution is 2.19. The molecule has 1 N–H and O–H groups in total. The number of nitrogens with zero attached hydrogens (tertiary/aromatic N) is 2. The number of anilines is 1. The average Bonchev–Trinajstić information content (AvgIpc) is 2.66. The summed E-state index contributed by atoms with van der Waals surface area (Å²) in [5.74, 6) is 0. The van der Waals surface area contributed by atoms with Crippen molar-refractivity contribution >= 4 is 16.7 Å². The second-order valence-electron chi connectivity index (χ2n) is 4.87. The van der Waals surface area contributed by atoms with Crippen LogP contribution >= 0.6 is 0 Å². The van der Waals surface area contributed by atoms with Gasteiger partial charge in [0, 0.05) is 18.6 Å². The summed E-state index contributed by atoms with van der Waals surface area (Å²) in [6.07, 6.45) is 1.70. The zero-order valence-electron chi connectivity index (χ0n) is 11.9. The molecule has 21 heavy (non-hydrogen) atoms. The predicted molar refractivity (Wildman–Crippen MR) is 85.5 cm³/mol. The molecular weight excluding hydrogens is 262 g/mol. The fourth-order valence-corrected chi connectivity index (χ4v) is 2.27. The largest absolute Gasteiger partial charge is 0.385 e. The molecule has 2 aromatic heterocycles. The highest BCUT2D eigenvalue weighted by Gasteiger charge is 2.08. The molecular formula is C17H15N3O. The summed E-state index contributed by atoms with van der Waals surface area (Å²) in [4.78, 5) is 21.3. The van der Waals surface area contributed by atoms with E-state index in [0.29, 0.717) is 22.6 Å². The molecule has 0 bridgehead atoms. The van der Waals surface area contributed by atoms with Gasteiger partial charge in [-0.15, -0.1) is 0 Å². The van der Waals surface area contributed by atoms with Crippen LogP contribution in [0.2, 0.25) is 0 Å². The second kappa shape index (κ2) is 5.32. The van der Waals surface area contributed by atoms with Gasteiger partial charge in [-0.1, -0.05) is 11.6 Å². The van der Waals surface area contributed by atoms with E-state index in [1.807, 2.05) is 43.3 Å². The number of aromatic nitrogens is 2. The van der Waals surface area contributed by atoms with Gasteiger partial charge in [0.15, 0.2) is 5.65 Å². The number of aryl methyl sites for hydroxylation is 1. The van der Waals surface area contributed by atoms with E-state index >= 15 is 0 Å². The number of hydrogen-bond acceptors (Lipinski definition) is 4. The topological polar surface area (TPSA) is 54.9 Å². The van der Waals surface area contributed by atoms with Crippen LogP contribution in [0.1, 0.15) is 5.56 Å². The lowest BCUT2D eigenvalue weighted by Gasteiger charge is -2.02. The third kappa shape index (κ3) is 2.48. The molecule has 0 saturated carbocycles. The van der Waals surface area contributed by atoms with Crippen molar-refractivity contribution in [1.29, 1.82) is 0 Å². The number of hydrogen-bond donors (Lipinski definition) is 1. The van der Waals surface area contributed by atoms with Crippen LogP contribution in [0.5, 0.6) is 0 Å². The van der Waals surface area contributed by atoms with Crippen molar-refractivity contribution in [3.05, 3.63) is 64.4 Å². The van der Waals surface area contributed by atoms with Gasteiger partial charge in [0.2, 0.25) is 5.43 Å². The van der Waals surface area contributed by atoms with Gasteiger partial charge < -0.3 is 5.32 Å². The average molecular weight is 277 g/mol. The van der Waals surface area contributed by atoms with E-state index in [9.17, 15) is 4.79 Å². The first kappa shape index (κ1) is 13.2. The van der Waals surface area contributed by atoms with Crippen LogP contribution in [0.3, 0.4) is 0 Å². The molecule has 104 valence electrons. The minimum atomic E-state index is -0.0617. The van der Waals surface area contributed by atoms with Crippen LogP contribution in [0.4, 0.5) is 5.69 Å². The quantitative estimate of drug-likeness (QED) is 0.782. The third-order valence-corrected chi connectivity index (χ3v) is 3.38. The van der Waals surface area contributed by atoms with Crippen molar-refractivity contribution < 1.29 is 0 Å². The van der Waals surface area contributed by atoms with E-state index in [-0.39, 0.29) is 5.43 Å². The molecule has 0 fully saturated rings. The highest BCUT2D eigenvalue weighted by molar-refractivity contribution is 5.78. The van der Waals surface area contributed by atoms with Crippen molar-refractivity contribution in [3.63, 3.8) is 0 Å². The number of pyridine rings is 2. The van der Waals surface area contributed by atoms with Crippen molar-refractivity contribution in [1.82, 2.24) is 9.97 Å². The van der Waals surface area contributed by atoms with E-state index in [2.05, 4.69) is 15.3 Å². The number of nitrogens with one attached hydrogen (secondary N) is 1. The minimum Gasteiger partial charge on any atom is -0.385 e. The van der Waals surface area contributed by atoms with Crippen LogP contribution in [0.25, 0.3) is 22.3 Å². The molecule has 0 atom stereocenters. The van der Waals surface area contributed by atoms with Gasteiger partial charge in [-0.05, 0) is 43.3 Å². The van der Waals surface area contributed by atoms with Gasteiger partial charge in [-0.2, -0.15) is 0 Å². The molecule has 0 unspecified atom stereocenters. The van der Waals surface area contributed by atoms with E-state index in [4.69, 9.17) is 0 Å². The number of rotatable bonds is 2. The SMILES string of the molecule is CNc1ccc(C)cc(-c2ccc3cccnc3n2)c1=O. The number of fused-ring (bicyclic) bond motifs is 1. The maximum absolute atomic E-state index is 12.6. The summed E-state index contributed by atoms with van der Waals surface area (Å²) in [6, 6.07) is 13.2. The summed E-state index contributed by atoms with van der Waals surface area (Å²) in [5.41, 5.74) is 3.36. The summed E-state index contributed by atoms with van der Waals surface area (Å²) >= 11 is 0. The van der Waals surface area contributed by atoms with E-state index in [1.165, 1.54) is 0 Å². The van der Waals surface area contributed by atoms with Gasteiger partial charge in [0.25, 0.3) is 0 Å². The Hall–Kier alpha value is -2.75. The highest BCUT2D eigenvalue weighted by atomic mass is 16.1. The first-order valence-electron chi connectivity index (χ1n) is 6.74. The Morgan fingerprint density at radius 3 is 2.76 bits per heavy atom. The van der Waals surface area contributed by atoms with E-state index in [1.54, 1.807) is 19.3 Å². The summed E-state index contributed by atoms with van der Waals surface area (Å²) < 4.78 is 0. The summed E-state index contributed by atoms with van der Waals surface area (Å²) in [7, 11) is 1.74.